The van der Waals surface area contributed by atoms with Crippen LogP contribution in [0.5, 0.6) is 0 Å². The van der Waals surface area contributed by atoms with Crippen molar-refractivity contribution in [1.29, 1.82) is 0 Å². The predicted octanol–water partition coefficient (Wildman–Crippen LogP) is 3.18. The van der Waals surface area contributed by atoms with Gasteiger partial charge in [-0.1, -0.05) is 13.8 Å². The van der Waals surface area contributed by atoms with Gasteiger partial charge in [0, 0.05) is 17.3 Å². The van der Waals surface area contributed by atoms with Gasteiger partial charge in [0.2, 0.25) is 0 Å². The van der Waals surface area contributed by atoms with E-state index in [9.17, 15) is 4.79 Å². The molecule has 5 nitrogen and oxygen atoms in total. The zero-order chi connectivity index (χ0) is 15.7. The van der Waals surface area contributed by atoms with E-state index < -0.39 is 0 Å². The Morgan fingerprint density at radius 1 is 1.41 bits per heavy atom. The highest BCUT2D eigenvalue weighted by Gasteiger charge is 2.30. The molecule has 0 aliphatic heterocycles. The van der Waals surface area contributed by atoms with Gasteiger partial charge in [-0.3, -0.25) is 9.89 Å². The maximum Gasteiger partial charge on any atom is 0.275 e. The van der Waals surface area contributed by atoms with E-state index in [1.165, 1.54) is 0 Å². The van der Waals surface area contributed by atoms with Crippen molar-refractivity contribution in [1.82, 2.24) is 15.1 Å². The Labute approximate surface area is 130 Å². The standard InChI is InChI=1S/C17H23N3O2/c1-11(2)12(3)20(10-13-6-5-9-22-13)17(21)16-14-7-4-8-15(14)18-19-16/h5-6,9,11-12H,4,7-8,10H2,1-3H3,(H,18,19)/t12-/m1/s1. The van der Waals surface area contributed by atoms with Crippen molar-refractivity contribution in [2.45, 2.75) is 52.6 Å². The SMILES string of the molecule is CC(C)[C@@H](C)N(Cc1ccco1)C(=O)c1n[nH]c2c1CCC2. The number of furan rings is 1. The number of rotatable bonds is 5. The summed E-state index contributed by atoms with van der Waals surface area (Å²) in [7, 11) is 0. The molecule has 2 aromatic heterocycles. The molecule has 0 aromatic carbocycles. The molecule has 1 aliphatic carbocycles. The minimum atomic E-state index is -0.00278. The number of amides is 1. The van der Waals surface area contributed by atoms with Gasteiger partial charge < -0.3 is 9.32 Å². The average molecular weight is 301 g/mol. The first kappa shape index (κ1) is 14.9. The molecule has 1 atom stereocenters. The quantitative estimate of drug-likeness (QED) is 0.922. The largest absolute Gasteiger partial charge is 0.467 e. The van der Waals surface area contributed by atoms with Crippen LogP contribution < -0.4 is 0 Å². The smallest absolute Gasteiger partial charge is 0.275 e. The first-order valence-corrected chi connectivity index (χ1v) is 7.97. The van der Waals surface area contributed by atoms with Crippen LogP contribution in [-0.2, 0) is 19.4 Å². The number of hydrogen-bond acceptors (Lipinski definition) is 3. The van der Waals surface area contributed by atoms with E-state index in [0.717, 1.165) is 36.3 Å². The van der Waals surface area contributed by atoms with Crippen LogP contribution in [0.25, 0.3) is 0 Å². The summed E-state index contributed by atoms with van der Waals surface area (Å²) in [6.45, 7) is 6.81. The van der Waals surface area contributed by atoms with E-state index in [0.29, 0.717) is 18.2 Å². The molecule has 22 heavy (non-hydrogen) atoms. The third-order valence-corrected chi connectivity index (χ3v) is 4.63. The maximum atomic E-state index is 13.0. The number of carbonyl (C=O) groups is 1. The topological polar surface area (TPSA) is 62.1 Å². The van der Waals surface area contributed by atoms with E-state index in [1.54, 1.807) is 6.26 Å². The summed E-state index contributed by atoms with van der Waals surface area (Å²) in [5.74, 6) is 1.16. The number of carbonyl (C=O) groups excluding carboxylic acids is 1. The van der Waals surface area contributed by atoms with Crippen molar-refractivity contribution in [3.8, 4) is 0 Å². The number of aromatic amines is 1. The van der Waals surface area contributed by atoms with Crippen LogP contribution in [-0.4, -0.2) is 27.0 Å². The fourth-order valence-electron chi connectivity index (χ4n) is 2.96. The van der Waals surface area contributed by atoms with Crippen LogP contribution >= 0.6 is 0 Å². The van der Waals surface area contributed by atoms with Gasteiger partial charge in [0.25, 0.3) is 5.91 Å². The molecule has 1 amide bonds. The van der Waals surface area contributed by atoms with Gasteiger partial charge >= 0.3 is 0 Å². The Bertz CT molecular complexity index is 643. The Morgan fingerprint density at radius 2 is 2.23 bits per heavy atom. The van der Waals surface area contributed by atoms with Crippen LogP contribution in [0.15, 0.2) is 22.8 Å². The number of nitrogens with zero attached hydrogens (tertiary/aromatic N) is 2. The fourth-order valence-corrected chi connectivity index (χ4v) is 2.96. The summed E-state index contributed by atoms with van der Waals surface area (Å²) in [6.07, 6.45) is 4.68. The van der Waals surface area contributed by atoms with Crippen molar-refractivity contribution in [2.24, 2.45) is 5.92 Å². The second-order valence-corrected chi connectivity index (χ2v) is 6.38. The normalized spacial score (nSPS) is 15.1. The van der Waals surface area contributed by atoms with Crippen molar-refractivity contribution in [2.75, 3.05) is 0 Å². The number of nitrogens with one attached hydrogen (secondary N) is 1. The molecule has 5 heteroatoms. The van der Waals surface area contributed by atoms with Gasteiger partial charge in [0.05, 0.1) is 12.8 Å². The Morgan fingerprint density at radius 3 is 2.91 bits per heavy atom. The van der Waals surface area contributed by atoms with Gasteiger partial charge in [-0.15, -0.1) is 0 Å². The molecule has 118 valence electrons. The zero-order valence-electron chi connectivity index (χ0n) is 13.4. The van der Waals surface area contributed by atoms with Crippen LogP contribution in [0.3, 0.4) is 0 Å². The Balaban J connectivity index is 1.88. The van der Waals surface area contributed by atoms with Gasteiger partial charge in [-0.2, -0.15) is 5.10 Å². The van der Waals surface area contributed by atoms with E-state index in [2.05, 4.69) is 31.0 Å². The lowest BCUT2D eigenvalue weighted by Crippen LogP contribution is -2.41. The highest BCUT2D eigenvalue weighted by Crippen LogP contribution is 2.26. The molecular formula is C17H23N3O2. The summed E-state index contributed by atoms with van der Waals surface area (Å²) < 4.78 is 5.43. The molecule has 0 spiro atoms. The molecule has 2 heterocycles. The number of fused-ring (bicyclic) bond motifs is 1. The first-order chi connectivity index (χ1) is 10.6. The molecule has 0 saturated carbocycles. The zero-order valence-corrected chi connectivity index (χ0v) is 13.4. The number of aryl methyl sites for hydroxylation is 1. The van der Waals surface area contributed by atoms with Crippen LogP contribution in [0.1, 0.15) is 54.7 Å². The lowest BCUT2D eigenvalue weighted by atomic mass is 10.0. The van der Waals surface area contributed by atoms with Crippen molar-refractivity contribution in [3.63, 3.8) is 0 Å². The lowest BCUT2D eigenvalue weighted by molar-refractivity contribution is 0.0603. The van der Waals surface area contributed by atoms with Gasteiger partial charge in [0.1, 0.15) is 5.76 Å². The second-order valence-electron chi connectivity index (χ2n) is 6.38. The number of aromatic nitrogens is 2. The lowest BCUT2D eigenvalue weighted by Gasteiger charge is -2.31. The third kappa shape index (κ3) is 2.67. The second kappa shape index (κ2) is 5.99. The monoisotopic (exact) mass is 301 g/mol. The average Bonchev–Trinajstić information content (AvgIpc) is 3.20. The van der Waals surface area contributed by atoms with Gasteiger partial charge in [0.15, 0.2) is 5.69 Å². The van der Waals surface area contributed by atoms with Gasteiger partial charge in [-0.05, 0) is 44.2 Å². The minimum Gasteiger partial charge on any atom is -0.467 e. The Hall–Kier alpha value is -2.04. The molecule has 1 aliphatic rings. The summed E-state index contributed by atoms with van der Waals surface area (Å²) in [4.78, 5) is 14.9. The highest BCUT2D eigenvalue weighted by atomic mass is 16.3. The summed E-state index contributed by atoms with van der Waals surface area (Å²) in [5, 5.41) is 7.31. The van der Waals surface area contributed by atoms with Crippen molar-refractivity contribution >= 4 is 5.91 Å². The van der Waals surface area contributed by atoms with E-state index in [4.69, 9.17) is 4.42 Å². The number of hydrogen-bond donors (Lipinski definition) is 1. The summed E-state index contributed by atoms with van der Waals surface area (Å²) >= 11 is 0. The predicted molar refractivity (Wildman–Crippen MR) is 83.5 cm³/mol. The van der Waals surface area contributed by atoms with Gasteiger partial charge in [-0.25, -0.2) is 0 Å². The molecule has 0 radical (unpaired) electrons. The van der Waals surface area contributed by atoms with Crippen LogP contribution in [0.2, 0.25) is 0 Å². The maximum absolute atomic E-state index is 13.0. The molecule has 2 aromatic rings. The molecule has 0 saturated heterocycles. The van der Waals surface area contributed by atoms with Crippen molar-refractivity contribution < 1.29 is 9.21 Å². The molecule has 1 N–H and O–H groups in total. The third-order valence-electron chi connectivity index (χ3n) is 4.63. The van der Waals surface area contributed by atoms with E-state index in [1.807, 2.05) is 17.0 Å². The molecule has 0 unspecified atom stereocenters. The van der Waals surface area contributed by atoms with E-state index >= 15 is 0 Å². The minimum absolute atomic E-state index is 0.00278. The van der Waals surface area contributed by atoms with Crippen molar-refractivity contribution in [3.05, 3.63) is 41.1 Å². The molecule has 3 rings (SSSR count). The molecule has 0 bridgehead atoms. The molecular weight excluding hydrogens is 278 g/mol. The summed E-state index contributed by atoms with van der Waals surface area (Å²) in [5.41, 5.74) is 2.82. The first-order valence-electron chi connectivity index (χ1n) is 7.97. The summed E-state index contributed by atoms with van der Waals surface area (Å²) in [6, 6.07) is 3.87. The highest BCUT2D eigenvalue weighted by molar-refractivity contribution is 5.94. The van der Waals surface area contributed by atoms with Crippen LogP contribution in [0, 0.1) is 5.92 Å². The van der Waals surface area contributed by atoms with E-state index in [-0.39, 0.29) is 11.9 Å². The number of H-pyrrole nitrogens is 1. The fraction of sp³-hybridized carbons (Fsp3) is 0.529. The molecule has 0 fully saturated rings. The Kier molecular flexibility index (Phi) is 4.05. The van der Waals surface area contributed by atoms with Crippen LogP contribution in [0.4, 0.5) is 0 Å².